The predicted molar refractivity (Wildman–Crippen MR) is 147 cm³/mol. The first-order valence-electron chi connectivity index (χ1n) is 12.0. The van der Waals surface area contributed by atoms with Crippen LogP contribution in [0.5, 0.6) is 0 Å². The molecule has 3 amide bonds. The Balaban J connectivity index is 1.76. The van der Waals surface area contributed by atoms with Gasteiger partial charge in [0, 0.05) is 42.9 Å². The number of halogens is 1. The molecular weight excluding hydrogens is 536 g/mol. The van der Waals surface area contributed by atoms with Crippen molar-refractivity contribution in [3.05, 3.63) is 76.0 Å². The number of carbonyl (C=O) groups excluding carboxylic acids is 3. The second kappa shape index (κ2) is 13.2. The van der Waals surface area contributed by atoms with E-state index in [2.05, 4.69) is 31.7 Å². The van der Waals surface area contributed by atoms with Gasteiger partial charge in [0.2, 0.25) is 5.91 Å². The van der Waals surface area contributed by atoms with E-state index in [0.717, 1.165) is 23.2 Å². The zero-order valence-corrected chi connectivity index (χ0v) is 23.2. The highest BCUT2D eigenvalue weighted by atomic mass is 79.9. The van der Waals surface area contributed by atoms with E-state index in [4.69, 9.17) is 0 Å². The number of benzene rings is 2. The molecule has 37 heavy (non-hydrogen) atoms. The molecule has 2 aromatic carbocycles. The summed E-state index contributed by atoms with van der Waals surface area (Å²) in [6.07, 6.45) is 1.88. The molecule has 3 aromatic rings. The molecule has 0 fully saturated rings. The highest BCUT2D eigenvalue weighted by Crippen LogP contribution is 2.24. The van der Waals surface area contributed by atoms with Gasteiger partial charge >= 0.3 is 0 Å². The highest BCUT2D eigenvalue weighted by Gasteiger charge is 2.22. The number of aromatic nitrogens is 2. The minimum absolute atomic E-state index is 0.125. The molecule has 0 saturated carbocycles. The average molecular weight is 570 g/mol. The van der Waals surface area contributed by atoms with Crippen LogP contribution in [0.4, 0.5) is 0 Å². The molecule has 0 spiro atoms. The molecule has 1 aromatic heterocycles. The minimum Gasteiger partial charge on any atom is -0.358 e. The zero-order chi connectivity index (χ0) is 26.9. The van der Waals surface area contributed by atoms with Crippen LogP contribution < -0.4 is 10.6 Å². The topological polar surface area (TPSA) is 99.6 Å². The molecule has 1 heterocycles. The fourth-order valence-electron chi connectivity index (χ4n) is 3.71. The van der Waals surface area contributed by atoms with Crippen molar-refractivity contribution in [1.82, 2.24) is 30.2 Å². The van der Waals surface area contributed by atoms with Crippen LogP contribution in [0.25, 0.3) is 11.1 Å². The summed E-state index contributed by atoms with van der Waals surface area (Å²) in [5.41, 5.74) is 3.32. The summed E-state index contributed by atoms with van der Waals surface area (Å²) in [6, 6.07) is 15.0. The van der Waals surface area contributed by atoms with Crippen LogP contribution >= 0.6 is 15.9 Å². The van der Waals surface area contributed by atoms with Crippen molar-refractivity contribution < 1.29 is 14.4 Å². The van der Waals surface area contributed by atoms with E-state index in [9.17, 15) is 14.4 Å². The van der Waals surface area contributed by atoms with Crippen LogP contribution in [0.2, 0.25) is 0 Å². The molecule has 3 rings (SSSR count). The molecule has 10 heteroatoms. The third kappa shape index (κ3) is 7.50. The van der Waals surface area contributed by atoms with E-state index < -0.39 is 0 Å². The third-order valence-corrected chi connectivity index (χ3v) is 6.88. The van der Waals surface area contributed by atoms with Crippen LogP contribution in [-0.4, -0.2) is 84.6 Å². The summed E-state index contributed by atoms with van der Waals surface area (Å²) in [5.74, 6) is -0.938. The van der Waals surface area contributed by atoms with Gasteiger partial charge in [-0.25, -0.2) is 0 Å². The van der Waals surface area contributed by atoms with Gasteiger partial charge in [0.1, 0.15) is 0 Å². The van der Waals surface area contributed by atoms with E-state index in [1.54, 1.807) is 16.8 Å². The van der Waals surface area contributed by atoms with E-state index in [-0.39, 0.29) is 37.4 Å². The lowest BCUT2D eigenvalue weighted by atomic mass is 10.1. The summed E-state index contributed by atoms with van der Waals surface area (Å²) in [5, 5.41) is 9.98. The first-order valence-corrected chi connectivity index (χ1v) is 12.8. The van der Waals surface area contributed by atoms with Gasteiger partial charge in [0.25, 0.3) is 11.8 Å². The maximum absolute atomic E-state index is 13.3. The van der Waals surface area contributed by atoms with E-state index in [1.807, 2.05) is 68.5 Å². The maximum atomic E-state index is 13.3. The summed E-state index contributed by atoms with van der Waals surface area (Å²) < 4.78 is 2.45. The molecule has 0 unspecified atom stereocenters. The maximum Gasteiger partial charge on any atom is 0.272 e. The van der Waals surface area contributed by atoms with Crippen LogP contribution in [0.1, 0.15) is 26.4 Å². The van der Waals surface area contributed by atoms with Crippen molar-refractivity contribution >= 4 is 33.7 Å². The van der Waals surface area contributed by atoms with Crippen molar-refractivity contribution in [3.63, 3.8) is 0 Å². The number of aryl methyl sites for hydroxylation is 1. The summed E-state index contributed by atoms with van der Waals surface area (Å²) >= 11 is 3.48. The Labute approximate surface area is 226 Å². The molecule has 196 valence electrons. The first-order chi connectivity index (χ1) is 17.7. The lowest BCUT2D eigenvalue weighted by Gasteiger charge is -2.23. The Bertz CT molecular complexity index is 1240. The number of nitrogens with one attached hydrogen (secondary N) is 2. The number of nitrogens with zero attached hydrogens (tertiary/aromatic N) is 4. The molecule has 0 saturated heterocycles. The van der Waals surface area contributed by atoms with Crippen LogP contribution in [0, 0.1) is 6.92 Å². The van der Waals surface area contributed by atoms with Gasteiger partial charge in [0.05, 0.1) is 18.7 Å². The predicted octanol–water partition coefficient (Wildman–Crippen LogP) is 2.80. The third-order valence-electron chi connectivity index (χ3n) is 5.83. The second-order valence-corrected chi connectivity index (χ2v) is 9.71. The summed E-state index contributed by atoms with van der Waals surface area (Å²) in [6.45, 7) is 3.50. The molecule has 2 N–H and O–H groups in total. The monoisotopic (exact) mass is 568 g/mol. The fourth-order valence-corrected chi connectivity index (χ4v) is 4.14. The number of likely N-dealkylation sites (N-methyl/N-ethyl adjacent to an activating group) is 2. The normalized spacial score (nSPS) is 10.9. The molecule has 0 radical (unpaired) electrons. The van der Waals surface area contributed by atoms with Gasteiger partial charge in [-0.05, 0) is 54.1 Å². The summed E-state index contributed by atoms with van der Waals surface area (Å²) in [7, 11) is 5.49. The van der Waals surface area contributed by atoms with Crippen molar-refractivity contribution in [2.45, 2.75) is 13.5 Å². The van der Waals surface area contributed by atoms with Crippen LogP contribution in [0.15, 0.2) is 59.2 Å². The van der Waals surface area contributed by atoms with Crippen LogP contribution in [-0.2, 0) is 11.3 Å². The van der Waals surface area contributed by atoms with Crippen molar-refractivity contribution in [2.75, 3.05) is 47.3 Å². The first kappa shape index (κ1) is 28.1. The van der Waals surface area contributed by atoms with Gasteiger partial charge in [-0.2, -0.15) is 5.10 Å². The Kier molecular flexibility index (Phi) is 9.99. The second-order valence-electron chi connectivity index (χ2n) is 8.92. The standard InChI is InChI=1S/C27H33BrN6O3/c1-19-9-8-12-21(24(19)28)27(37)33(18-23(35)29-2)14-13-30-26(36)25-22(20-10-6-5-7-11-20)17-34(31-25)16-15-32(3)4/h5-12,17H,13-16,18H2,1-4H3,(H,29,35)(H,30,36). The van der Waals surface area contributed by atoms with Gasteiger partial charge in [-0.3, -0.25) is 19.1 Å². The van der Waals surface area contributed by atoms with E-state index in [0.29, 0.717) is 22.3 Å². The largest absolute Gasteiger partial charge is 0.358 e. The molecule has 0 bridgehead atoms. The van der Waals surface area contributed by atoms with E-state index in [1.165, 1.54) is 11.9 Å². The van der Waals surface area contributed by atoms with E-state index >= 15 is 0 Å². The minimum atomic E-state index is -0.341. The number of amides is 3. The highest BCUT2D eigenvalue weighted by molar-refractivity contribution is 9.10. The lowest BCUT2D eigenvalue weighted by molar-refractivity contribution is -0.121. The summed E-state index contributed by atoms with van der Waals surface area (Å²) in [4.78, 5) is 42.1. The van der Waals surface area contributed by atoms with Crippen molar-refractivity contribution in [2.24, 2.45) is 0 Å². The average Bonchev–Trinajstić information content (AvgIpc) is 3.33. The zero-order valence-electron chi connectivity index (χ0n) is 21.6. The van der Waals surface area contributed by atoms with Crippen molar-refractivity contribution in [3.8, 4) is 11.1 Å². The number of carbonyl (C=O) groups is 3. The number of hydrogen-bond donors (Lipinski definition) is 2. The molecule has 0 aliphatic rings. The Morgan fingerprint density at radius 2 is 1.76 bits per heavy atom. The smallest absolute Gasteiger partial charge is 0.272 e. The Hall–Kier alpha value is -3.50. The molecule has 0 atom stereocenters. The molecular formula is C27H33BrN6O3. The fraction of sp³-hybridized carbons (Fsp3) is 0.333. The molecule has 0 aliphatic heterocycles. The van der Waals surface area contributed by atoms with Gasteiger partial charge < -0.3 is 20.4 Å². The quantitative estimate of drug-likeness (QED) is 0.370. The van der Waals surface area contributed by atoms with Gasteiger partial charge in [-0.1, -0.05) is 42.5 Å². The Morgan fingerprint density at radius 1 is 1.03 bits per heavy atom. The van der Waals surface area contributed by atoms with Crippen LogP contribution in [0.3, 0.4) is 0 Å². The SMILES string of the molecule is CNC(=O)CN(CCNC(=O)c1nn(CCN(C)C)cc1-c1ccccc1)C(=O)c1cccc(C)c1Br. The van der Waals surface area contributed by atoms with Crippen molar-refractivity contribution in [1.29, 1.82) is 0 Å². The Morgan fingerprint density at radius 3 is 2.43 bits per heavy atom. The lowest BCUT2D eigenvalue weighted by Crippen LogP contribution is -2.44. The molecule has 0 aliphatic carbocycles. The number of rotatable bonds is 11. The number of hydrogen-bond acceptors (Lipinski definition) is 5. The van der Waals surface area contributed by atoms with Gasteiger partial charge in [0.15, 0.2) is 5.69 Å². The molecule has 9 nitrogen and oxygen atoms in total. The van der Waals surface area contributed by atoms with Gasteiger partial charge in [-0.15, -0.1) is 0 Å².